The molecule has 1 aliphatic rings. The lowest BCUT2D eigenvalue weighted by Crippen LogP contribution is -2.24. The van der Waals surface area contributed by atoms with E-state index < -0.39 is 0 Å². The predicted molar refractivity (Wildman–Crippen MR) is 55.0 cm³/mol. The van der Waals surface area contributed by atoms with Crippen LogP contribution < -0.4 is 5.32 Å². The molecular weight excluding hydrogens is 176 g/mol. The fraction of sp³-hybridized carbons (Fsp3) is 0.727. The highest BCUT2D eigenvalue weighted by molar-refractivity contribution is 5.04. The van der Waals surface area contributed by atoms with Crippen LogP contribution in [-0.4, -0.2) is 11.2 Å². The lowest BCUT2D eigenvalue weighted by molar-refractivity contribution is 0.358. The van der Waals surface area contributed by atoms with E-state index in [2.05, 4.69) is 17.4 Å². The summed E-state index contributed by atoms with van der Waals surface area (Å²) >= 11 is 0. The summed E-state index contributed by atoms with van der Waals surface area (Å²) in [7, 11) is 0. The number of aryl methyl sites for hydroxylation is 1. The van der Waals surface area contributed by atoms with Gasteiger partial charge in [0.25, 0.3) is 0 Å². The van der Waals surface area contributed by atoms with Gasteiger partial charge in [0, 0.05) is 12.1 Å². The summed E-state index contributed by atoms with van der Waals surface area (Å²) in [6, 6.07) is 2.74. The molecule has 0 radical (unpaired) electrons. The van der Waals surface area contributed by atoms with Gasteiger partial charge in [-0.15, -0.1) is 0 Å². The van der Waals surface area contributed by atoms with Crippen LogP contribution in [0.2, 0.25) is 0 Å². The van der Waals surface area contributed by atoms with Crippen LogP contribution >= 0.6 is 0 Å². The third kappa shape index (κ3) is 2.35. The molecule has 0 unspecified atom stereocenters. The summed E-state index contributed by atoms with van der Waals surface area (Å²) in [5, 5.41) is 7.47. The number of aromatic nitrogens is 1. The monoisotopic (exact) mass is 194 g/mol. The Bertz CT molecular complexity index is 277. The second-order valence-electron chi connectivity index (χ2n) is 4.00. The van der Waals surface area contributed by atoms with Crippen molar-refractivity contribution < 1.29 is 4.52 Å². The van der Waals surface area contributed by atoms with Crippen molar-refractivity contribution in [2.24, 2.45) is 0 Å². The zero-order chi connectivity index (χ0) is 9.80. The first-order chi connectivity index (χ1) is 6.88. The van der Waals surface area contributed by atoms with Crippen LogP contribution in [0.5, 0.6) is 0 Å². The minimum Gasteiger partial charge on any atom is -0.360 e. The van der Waals surface area contributed by atoms with E-state index in [1.54, 1.807) is 0 Å². The molecule has 1 aromatic rings. The molecule has 78 valence electrons. The molecule has 1 aliphatic carbocycles. The molecule has 3 nitrogen and oxygen atoms in total. The highest BCUT2D eigenvalue weighted by atomic mass is 16.5. The number of hydrogen-bond acceptors (Lipinski definition) is 3. The molecular formula is C11H18N2O. The van der Waals surface area contributed by atoms with Crippen LogP contribution in [0.3, 0.4) is 0 Å². The summed E-state index contributed by atoms with van der Waals surface area (Å²) in [4.78, 5) is 0. The van der Waals surface area contributed by atoms with Crippen LogP contribution in [0.4, 0.5) is 0 Å². The van der Waals surface area contributed by atoms with Crippen molar-refractivity contribution in [1.29, 1.82) is 0 Å². The van der Waals surface area contributed by atoms with Crippen LogP contribution in [0.15, 0.2) is 10.6 Å². The Morgan fingerprint density at radius 1 is 1.50 bits per heavy atom. The smallest absolute Gasteiger partial charge is 0.150 e. The standard InChI is InChI=1S/C11H18N2O/c1-2-9-7-11(14-13-9)8-12-10-5-3-4-6-10/h7,10,12H,2-6,8H2,1H3. The third-order valence-corrected chi connectivity index (χ3v) is 2.89. The maximum Gasteiger partial charge on any atom is 0.150 e. The van der Waals surface area contributed by atoms with Gasteiger partial charge >= 0.3 is 0 Å². The quantitative estimate of drug-likeness (QED) is 0.799. The van der Waals surface area contributed by atoms with E-state index in [1.165, 1.54) is 25.7 Å². The maximum absolute atomic E-state index is 5.20. The largest absolute Gasteiger partial charge is 0.360 e. The van der Waals surface area contributed by atoms with E-state index in [-0.39, 0.29) is 0 Å². The van der Waals surface area contributed by atoms with Crippen LogP contribution in [0.25, 0.3) is 0 Å². The van der Waals surface area contributed by atoms with Crippen molar-refractivity contribution >= 4 is 0 Å². The van der Waals surface area contributed by atoms with Crippen molar-refractivity contribution in [1.82, 2.24) is 10.5 Å². The fourth-order valence-electron chi connectivity index (χ4n) is 1.98. The second-order valence-corrected chi connectivity index (χ2v) is 4.00. The zero-order valence-corrected chi connectivity index (χ0v) is 8.75. The number of nitrogens with one attached hydrogen (secondary N) is 1. The van der Waals surface area contributed by atoms with Gasteiger partial charge in [0.15, 0.2) is 5.76 Å². The van der Waals surface area contributed by atoms with E-state index in [9.17, 15) is 0 Å². The van der Waals surface area contributed by atoms with Gasteiger partial charge in [-0.3, -0.25) is 0 Å². The van der Waals surface area contributed by atoms with Gasteiger partial charge < -0.3 is 9.84 Å². The molecule has 0 bridgehead atoms. The third-order valence-electron chi connectivity index (χ3n) is 2.89. The normalized spacial score (nSPS) is 17.8. The van der Waals surface area contributed by atoms with Gasteiger partial charge in [-0.25, -0.2) is 0 Å². The molecule has 1 aromatic heterocycles. The average molecular weight is 194 g/mol. The molecule has 1 fully saturated rings. The Labute approximate surface area is 84.9 Å². The van der Waals surface area contributed by atoms with Gasteiger partial charge in [0.2, 0.25) is 0 Å². The Hall–Kier alpha value is -0.830. The van der Waals surface area contributed by atoms with Crippen LogP contribution in [0.1, 0.15) is 44.1 Å². The molecule has 3 heteroatoms. The first-order valence-corrected chi connectivity index (χ1v) is 5.56. The minimum atomic E-state index is 0.699. The van der Waals surface area contributed by atoms with Gasteiger partial charge in [-0.05, 0) is 19.3 Å². The lowest BCUT2D eigenvalue weighted by Gasteiger charge is -2.08. The molecule has 1 N–H and O–H groups in total. The van der Waals surface area contributed by atoms with E-state index in [0.717, 1.165) is 24.4 Å². The summed E-state index contributed by atoms with van der Waals surface area (Å²) in [5.41, 5.74) is 1.05. The molecule has 1 saturated carbocycles. The molecule has 14 heavy (non-hydrogen) atoms. The summed E-state index contributed by atoms with van der Waals surface area (Å²) in [6.07, 6.45) is 6.32. The Morgan fingerprint density at radius 3 is 2.93 bits per heavy atom. The number of hydrogen-bond donors (Lipinski definition) is 1. The van der Waals surface area contributed by atoms with E-state index in [4.69, 9.17) is 4.52 Å². The van der Waals surface area contributed by atoms with E-state index in [1.807, 2.05) is 6.07 Å². The molecule has 0 atom stereocenters. The van der Waals surface area contributed by atoms with Gasteiger partial charge in [0.05, 0.1) is 12.2 Å². The second kappa shape index (κ2) is 4.60. The van der Waals surface area contributed by atoms with Gasteiger partial charge in [-0.1, -0.05) is 24.9 Å². The van der Waals surface area contributed by atoms with Crippen molar-refractivity contribution in [2.75, 3.05) is 0 Å². The van der Waals surface area contributed by atoms with Gasteiger partial charge in [-0.2, -0.15) is 0 Å². The predicted octanol–water partition coefficient (Wildman–Crippen LogP) is 2.27. The zero-order valence-electron chi connectivity index (χ0n) is 8.75. The minimum absolute atomic E-state index is 0.699. The topological polar surface area (TPSA) is 38.1 Å². The van der Waals surface area contributed by atoms with Gasteiger partial charge in [0.1, 0.15) is 0 Å². The molecule has 0 amide bonds. The first kappa shape index (κ1) is 9.71. The highest BCUT2D eigenvalue weighted by Crippen LogP contribution is 2.18. The summed E-state index contributed by atoms with van der Waals surface area (Å²) in [6.45, 7) is 2.92. The van der Waals surface area contributed by atoms with Crippen molar-refractivity contribution in [3.63, 3.8) is 0 Å². The molecule has 0 saturated heterocycles. The van der Waals surface area contributed by atoms with Crippen molar-refractivity contribution in [3.8, 4) is 0 Å². The Balaban J connectivity index is 1.79. The highest BCUT2D eigenvalue weighted by Gasteiger charge is 2.14. The van der Waals surface area contributed by atoms with Crippen LogP contribution in [0, 0.1) is 0 Å². The van der Waals surface area contributed by atoms with E-state index in [0.29, 0.717) is 6.04 Å². The Morgan fingerprint density at radius 2 is 2.29 bits per heavy atom. The van der Waals surface area contributed by atoms with Crippen LogP contribution in [-0.2, 0) is 13.0 Å². The fourth-order valence-corrected chi connectivity index (χ4v) is 1.98. The molecule has 0 aromatic carbocycles. The lowest BCUT2D eigenvalue weighted by atomic mass is 10.2. The van der Waals surface area contributed by atoms with Crippen molar-refractivity contribution in [2.45, 2.75) is 51.6 Å². The number of rotatable bonds is 4. The molecule has 0 spiro atoms. The average Bonchev–Trinajstić information content (AvgIpc) is 2.86. The molecule has 1 heterocycles. The van der Waals surface area contributed by atoms with E-state index >= 15 is 0 Å². The summed E-state index contributed by atoms with van der Waals surface area (Å²) in [5.74, 6) is 0.966. The maximum atomic E-state index is 5.20. The SMILES string of the molecule is CCc1cc(CNC2CCCC2)on1. The molecule has 0 aliphatic heterocycles. The number of nitrogens with zero attached hydrogens (tertiary/aromatic N) is 1. The Kier molecular flexibility index (Phi) is 3.19. The summed E-state index contributed by atoms with van der Waals surface area (Å²) < 4.78 is 5.20. The van der Waals surface area contributed by atoms with Crippen molar-refractivity contribution in [3.05, 3.63) is 17.5 Å². The molecule has 2 rings (SSSR count). The first-order valence-electron chi connectivity index (χ1n) is 5.56.